The van der Waals surface area contributed by atoms with Crippen LogP contribution in [-0.2, 0) is 28.9 Å². The first-order chi connectivity index (χ1) is 14.3. The fourth-order valence-corrected chi connectivity index (χ4v) is 3.59. The zero-order chi connectivity index (χ0) is 22.5. The van der Waals surface area contributed by atoms with Crippen molar-refractivity contribution in [2.24, 2.45) is 0 Å². The van der Waals surface area contributed by atoms with Crippen LogP contribution in [0.25, 0.3) is 0 Å². The van der Waals surface area contributed by atoms with Crippen molar-refractivity contribution in [3.63, 3.8) is 0 Å². The van der Waals surface area contributed by atoms with E-state index in [2.05, 4.69) is 11.1 Å². The molecule has 178 valence electrons. The van der Waals surface area contributed by atoms with Gasteiger partial charge in [0.1, 0.15) is 0 Å². The molecule has 0 amide bonds. The van der Waals surface area contributed by atoms with Crippen molar-refractivity contribution in [1.29, 1.82) is 0 Å². The summed E-state index contributed by atoms with van der Waals surface area (Å²) < 4.78 is 37.7. The molecule has 1 N–H and O–H groups in total. The van der Waals surface area contributed by atoms with Crippen LogP contribution in [0, 0.1) is 0 Å². The fraction of sp³-hybridized carbons (Fsp3) is 0.909. The second-order valence-corrected chi connectivity index (χ2v) is 8.93. The van der Waals surface area contributed by atoms with Crippen molar-refractivity contribution in [2.45, 2.75) is 122 Å². The van der Waals surface area contributed by atoms with E-state index >= 15 is 0 Å². The molecular weight excluding hydrogens is 408 g/mol. The van der Waals surface area contributed by atoms with E-state index in [0.29, 0.717) is 6.61 Å². The Kier molecular flexibility index (Phi) is 19.0. The molecular formula is C22H42O7S. The number of carbonyl (C=O) groups excluding carboxylic acids is 2. The molecule has 0 heterocycles. The maximum absolute atomic E-state index is 11.4. The number of hydrogen-bond acceptors (Lipinski definition) is 6. The lowest BCUT2D eigenvalue weighted by molar-refractivity contribution is -0.147. The molecule has 30 heavy (non-hydrogen) atoms. The minimum atomic E-state index is -4.82. The Hall–Kier alpha value is -1.15. The number of carbonyl (C=O) groups is 2. The number of ether oxygens (including phenoxy) is 1. The van der Waals surface area contributed by atoms with Crippen molar-refractivity contribution in [3.05, 3.63) is 0 Å². The lowest BCUT2D eigenvalue weighted by Crippen LogP contribution is -2.14. The van der Waals surface area contributed by atoms with E-state index in [1.165, 1.54) is 83.5 Å². The average Bonchev–Trinajstić information content (AvgIpc) is 2.67. The van der Waals surface area contributed by atoms with E-state index in [-0.39, 0.29) is 6.42 Å². The molecule has 0 fully saturated rings. The summed E-state index contributed by atoms with van der Waals surface area (Å²) in [4.78, 5) is 22.5. The predicted octanol–water partition coefficient (Wildman–Crippen LogP) is 5.92. The Bertz CT molecular complexity index is 532. The highest BCUT2D eigenvalue weighted by Crippen LogP contribution is 2.13. The fourth-order valence-electron chi connectivity index (χ4n) is 3.27. The zero-order valence-electron chi connectivity index (χ0n) is 18.7. The standard InChI is InChI=1S/C22H42O7S/c1-2-3-4-5-6-7-8-9-10-11-12-13-14-15-16-17-20-28-21(23)18-19-22(24)29-30(25,26)27/h2-20H2,1H3,(H,25,26,27). The van der Waals surface area contributed by atoms with E-state index in [0.717, 1.165) is 19.3 Å². The minimum absolute atomic E-state index is 0.271. The van der Waals surface area contributed by atoms with E-state index in [4.69, 9.17) is 9.29 Å². The van der Waals surface area contributed by atoms with Gasteiger partial charge in [-0.3, -0.25) is 14.1 Å². The monoisotopic (exact) mass is 450 g/mol. The van der Waals surface area contributed by atoms with Crippen LogP contribution in [0.15, 0.2) is 0 Å². The molecule has 7 nitrogen and oxygen atoms in total. The SMILES string of the molecule is CCCCCCCCCCCCCCCCCCOC(=O)CCC(=O)OS(=O)(=O)O. The molecule has 8 heteroatoms. The smallest absolute Gasteiger partial charge is 0.448 e. The third-order valence-corrected chi connectivity index (χ3v) is 5.39. The van der Waals surface area contributed by atoms with E-state index in [9.17, 15) is 18.0 Å². The van der Waals surface area contributed by atoms with Gasteiger partial charge in [0.15, 0.2) is 0 Å². The van der Waals surface area contributed by atoms with Crippen LogP contribution in [0.5, 0.6) is 0 Å². The molecule has 0 atom stereocenters. The van der Waals surface area contributed by atoms with Crippen LogP contribution in [0.2, 0.25) is 0 Å². The summed E-state index contributed by atoms with van der Waals surface area (Å²) in [5.74, 6) is -1.76. The van der Waals surface area contributed by atoms with Gasteiger partial charge < -0.3 is 8.92 Å². The van der Waals surface area contributed by atoms with Gasteiger partial charge in [-0.1, -0.05) is 103 Å². The summed E-state index contributed by atoms with van der Waals surface area (Å²) in [5.41, 5.74) is 0. The molecule has 0 rings (SSSR count). The van der Waals surface area contributed by atoms with Gasteiger partial charge in [-0.15, -0.1) is 0 Å². The number of unbranched alkanes of at least 4 members (excludes halogenated alkanes) is 15. The molecule has 0 bridgehead atoms. The van der Waals surface area contributed by atoms with Crippen LogP contribution in [0.3, 0.4) is 0 Å². The first-order valence-corrected chi connectivity index (χ1v) is 13.1. The predicted molar refractivity (Wildman–Crippen MR) is 117 cm³/mol. The number of esters is 1. The summed E-state index contributed by atoms with van der Waals surface area (Å²) in [6.07, 6.45) is 19.6. The average molecular weight is 451 g/mol. The Balaban J connectivity index is 3.27. The highest BCUT2D eigenvalue weighted by atomic mass is 32.3. The normalized spacial score (nSPS) is 11.4. The Labute approximate surface area is 183 Å². The highest BCUT2D eigenvalue weighted by Gasteiger charge is 2.15. The molecule has 0 spiro atoms. The Morgan fingerprint density at radius 3 is 1.40 bits per heavy atom. The van der Waals surface area contributed by atoms with Crippen molar-refractivity contribution in [3.8, 4) is 0 Å². The van der Waals surface area contributed by atoms with Crippen LogP contribution in [0.4, 0.5) is 0 Å². The van der Waals surface area contributed by atoms with Crippen molar-refractivity contribution < 1.29 is 31.5 Å². The molecule has 0 radical (unpaired) electrons. The largest absolute Gasteiger partial charge is 0.466 e. The first-order valence-electron chi connectivity index (χ1n) is 11.7. The lowest BCUT2D eigenvalue weighted by atomic mass is 10.0. The molecule has 0 saturated carbocycles. The second kappa shape index (κ2) is 19.8. The Morgan fingerprint density at radius 2 is 1.00 bits per heavy atom. The van der Waals surface area contributed by atoms with E-state index < -0.39 is 28.8 Å². The third-order valence-electron chi connectivity index (χ3n) is 4.99. The van der Waals surface area contributed by atoms with Gasteiger partial charge in [0.2, 0.25) is 0 Å². The Morgan fingerprint density at radius 1 is 0.633 bits per heavy atom. The number of rotatable bonds is 21. The molecule has 0 aromatic heterocycles. The van der Waals surface area contributed by atoms with Crippen LogP contribution in [-0.4, -0.2) is 31.5 Å². The van der Waals surface area contributed by atoms with Gasteiger partial charge in [-0.05, 0) is 6.42 Å². The van der Waals surface area contributed by atoms with Crippen LogP contribution < -0.4 is 0 Å². The molecule has 0 aromatic rings. The summed E-state index contributed by atoms with van der Waals surface area (Å²) in [5, 5.41) is 0. The van der Waals surface area contributed by atoms with Gasteiger partial charge in [0.25, 0.3) is 0 Å². The molecule has 0 saturated heterocycles. The van der Waals surface area contributed by atoms with Crippen molar-refractivity contribution in [1.82, 2.24) is 0 Å². The van der Waals surface area contributed by atoms with Gasteiger partial charge in [-0.2, -0.15) is 8.42 Å². The van der Waals surface area contributed by atoms with E-state index in [1.54, 1.807) is 0 Å². The zero-order valence-corrected chi connectivity index (χ0v) is 19.6. The van der Waals surface area contributed by atoms with Gasteiger partial charge in [0, 0.05) is 0 Å². The van der Waals surface area contributed by atoms with Crippen LogP contribution in [0.1, 0.15) is 122 Å². The van der Waals surface area contributed by atoms with Crippen molar-refractivity contribution in [2.75, 3.05) is 6.61 Å². The summed E-state index contributed by atoms with van der Waals surface area (Å²) >= 11 is 0. The van der Waals surface area contributed by atoms with Gasteiger partial charge in [-0.25, -0.2) is 0 Å². The molecule has 0 aliphatic heterocycles. The summed E-state index contributed by atoms with van der Waals surface area (Å²) in [7, 11) is -4.82. The first kappa shape index (κ1) is 28.9. The third kappa shape index (κ3) is 23.1. The minimum Gasteiger partial charge on any atom is -0.466 e. The molecule has 0 aliphatic rings. The molecule has 0 aliphatic carbocycles. The molecule has 0 unspecified atom stereocenters. The van der Waals surface area contributed by atoms with Crippen molar-refractivity contribution >= 4 is 22.3 Å². The number of hydrogen-bond donors (Lipinski definition) is 1. The lowest BCUT2D eigenvalue weighted by Gasteiger charge is -2.05. The maximum Gasteiger partial charge on any atom is 0.448 e. The summed E-state index contributed by atoms with van der Waals surface area (Å²) in [6.45, 7) is 2.55. The quantitative estimate of drug-likeness (QED) is 0.131. The summed E-state index contributed by atoms with van der Waals surface area (Å²) in [6, 6.07) is 0. The van der Waals surface area contributed by atoms with Crippen LogP contribution >= 0.6 is 0 Å². The maximum atomic E-state index is 11.4. The van der Waals surface area contributed by atoms with Gasteiger partial charge in [0.05, 0.1) is 19.4 Å². The topological polar surface area (TPSA) is 107 Å². The highest BCUT2D eigenvalue weighted by molar-refractivity contribution is 7.81. The molecule has 0 aromatic carbocycles. The second-order valence-electron chi connectivity index (χ2n) is 7.91. The van der Waals surface area contributed by atoms with E-state index in [1.807, 2.05) is 0 Å². The van der Waals surface area contributed by atoms with Gasteiger partial charge >= 0.3 is 22.3 Å².